The number of nitrogens with zero attached hydrogens (tertiary/aromatic N) is 3. The summed E-state index contributed by atoms with van der Waals surface area (Å²) in [5, 5.41) is 7.92. The maximum Gasteiger partial charge on any atom is 0.407 e. The molecule has 5 rings (SSSR count). The monoisotopic (exact) mass is 566 g/mol. The fraction of sp³-hybridized carbons (Fsp3) is 0.720. The Balaban J connectivity index is 1.62. The number of pyridine rings is 1. The summed E-state index contributed by atoms with van der Waals surface area (Å²) >= 11 is 3.55. The number of carbonyl (C=O) groups excluding carboxylic acids is 1. The molecule has 2 aliphatic heterocycles. The molecule has 2 bridgehead atoms. The van der Waals surface area contributed by atoms with Crippen molar-refractivity contribution in [3.63, 3.8) is 0 Å². The van der Waals surface area contributed by atoms with Crippen LogP contribution in [0.3, 0.4) is 0 Å². The molecule has 3 aliphatic rings. The van der Waals surface area contributed by atoms with Crippen molar-refractivity contribution in [2.24, 2.45) is 11.3 Å². The minimum Gasteiger partial charge on any atom is -0.444 e. The molecule has 3 unspecified atom stereocenters. The van der Waals surface area contributed by atoms with Crippen molar-refractivity contribution >= 4 is 36.0 Å². The molecule has 1 aliphatic carbocycles. The van der Waals surface area contributed by atoms with Crippen LogP contribution >= 0.6 is 15.9 Å². The Labute approximate surface area is 217 Å². The Bertz CT molecular complexity index is 1140. The Morgan fingerprint density at radius 3 is 2.63 bits per heavy atom. The van der Waals surface area contributed by atoms with Crippen LogP contribution < -0.4 is 5.32 Å². The number of hydrogen-bond acceptors (Lipinski definition) is 6. The van der Waals surface area contributed by atoms with E-state index in [4.69, 9.17) is 24.0 Å². The smallest absolute Gasteiger partial charge is 0.407 e. The fourth-order valence-electron chi connectivity index (χ4n) is 4.91. The molecule has 194 valence electrons. The Hall–Kier alpha value is -1.49. The van der Waals surface area contributed by atoms with Crippen molar-refractivity contribution in [3.8, 4) is 0 Å². The normalized spacial score (nSPS) is 26.6. The van der Waals surface area contributed by atoms with Crippen LogP contribution in [0.2, 0.25) is 18.1 Å². The molecule has 3 atom stereocenters. The minimum absolute atomic E-state index is 0.0280. The van der Waals surface area contributed by atoms with Crippen LogP contribution in [0.15, 0.2) is 16.7 Å². The molecule has 35 heavy (non-hydrogen) atoms. The van der Waals surface area contributed by atoms with E-state index >= 15 is 0 Å². The van der Waals surface area contributed by atoms with E-state index in [2.05, 4.69) is 55.1 Å². The number of aryl methyl sites for hydroxylation is 1. The molecule has 4 heterocycles. The molecule has 1 N–H and O–H groups in total. The van der Waals surface area contributed by atoms with Gasteiger partial charge in [0.15, 0.2) is 19.8 Å². The van der Waals surface area contributed by atoms with Gasteiger partial charge in [-0.25, -0.2) is 14.3 Å². The van der Waals surface area contributed by atoms with Gasteiger partial charge in [-0.15, -0.1) is 5.10 Å². The first-order valence-corrected chi connectivity index (χ1v) is 16.0. The van der Waals surface area contributed by atoms with Gasteiger partial charge in [0.05, 0.1) is 6.61 Å². The number of ether oxygens (including phenoxy) is 2. The zero-order chi connectivity index (χ0) is 26.0. The van der Waals surface area contributed by atoms with Crippen molar-refractivity contribution < 1.29 is 18.7 Å². The van der Waals surface area contributed by atoms with Gasteiger partial charge in [0.25, 0.3) is 0 Å². The molecule has 8 nitrogen and oxygen atoms in total. The van der Waals surface area contributed by atoms with Crippen LogP contribution in [0.5, 0.6) is 0 Å². The Morgan fingerprint density at radius 1 is 1.31 bits per heavy atom. The lowest BCUT2D eigenvalue weighted by atomic mass is 9.53. The van der Waals surface area contributed by atoms with E-state index in [1.807, 2.05) is 44.5 Å². The molecule has 0 spiro atoms. The molecule has 2 aromatic heterocycles. The molecule has 0 aromatic carbocycles. The average molecular weight is 568 g/mol. The lowest BCUT2D eigenvalue weighted by Gasteiger charge is -2.52. The van der Waals surface area contributed by atoms with Crippen molar-refractivity contribution in [2.45, 2.75) is 84.2 Å². The van der Waals surface area contributed by atoms with Gasteiger partial charge in [-0.3, -0.25) is 0 Å². The summed E-state index contributed by atoms with van der Waals surface area (Å²) in [6, 6.07) is 2.04. The summed E-state index contributed by atoms with van der Waals surface area (Å²) in [6.07, 6.45) is 2.24. The molecule has 0 radical (unpaired) electrons. The number of fused-ring (bicyclic) bond motifs is 2. The minimum atomic E-state index is -1.99. The van der Waals surface area contributed by atoms with E-state index < -0.39 is 25.6 Å². The first-order valence-electron chi connectivity index (χ1n) is 12.3. The molecule has 2 aromatic rings. The molecule has 2 saturated heterocycles. The zero-order valence-corrected chi connectivity index (χ0v) is 25.0. The van der Waals surface area contributed by atoms with Crippen LogP contribution in [0.4, 0.5) is 4.79 Å². The fourth-order valence-corrected chi connectivity index (χ4v) is 6.47. The van der Waals surface area contributed by atoms with Gasteiger partial charge >= 0.3 is 6.09 Å². The van der Waals surface area contributed by atoms with Crippen LogP contribution in [0, 0.1) is 18.3 Å². The standard InChI is InChI=1S/C25H39BrN4O4Si/c1-16-10-17(26)11-30-19(16)28-20(29-30)25-13-24(15-32-25,14-27-21(31)34-22(2,3)4)18(25)12-33-35(8,9)23(5,6)7/h10-11,18H,12-15H2,1-9H3,(H,27,31). The molecule has 1 amide bonds. The largest absolute Gasteiger partial charge is 0.444 e. The summed E-state index contributed by atoms with van der Waals surface area (Å²) in [4.78, 5) is 17.3. The third-order valence-electron chi connectivity index (χ3n) is 7.90. The van der Waals surface area contributed by atoms with Gasteiger partial charge in [-0.1, -0.05) is 20.8 Å². The highest BCUT2D eigenvalue weighted by Crippen LogP contribution is 2.66. The second kappa shape index (κ2) is 8.53. The zero-order valence-electron chi connectivity index (χ0n) is 22.4. The summed E-state index contributed by atoms with van der Waals surface area (Å²) < 4.78 is 21.4. The summed E-state index contributed by atoms with van der Waals surface area (Å²) in [5.74, 6) is 0.716. The third-order valence-corrected chi connectivity index (χ3v) is 12.8. The molecule has 10 heteroatoms. The highest BCUT2D eigenvalue weighted by molar-refractivity contribution is 9.10. The van der Waals surface area contributed by atoms with Crippen molar-refractivity contribution in [3.05, 3.63) is 28.1 Å². The number of halogens is 1. The maximum atomic E-state index is 12.4. The number of amides is 1. The van der Waals surface area contributed by atoms with Crippen LogP contribution in [0.25, 0.3) is 5.65 Å². The Kier molecular flexibility index (Phi) is 6.47. The molecule has 1 saturated carbocycles. The number of nitrogens with one attached hydrogen (secondary N) is 1. The quantitative estimate of drug-likeness (QED) is 0.459. The van der Waals surface area contributed by atoms with Gasteiger partial charge in [0, 0.05) is 35.2 Å². The first kappa shape index (κ1) is 26.6. The second-order valence-corrected chi connectivity index (χ2v) is 18.5. The maximum absolute atomic E-state index is 12.4. The summed E-state index contributed by atoms with van der Waals surface area (Å²) in [5.41, 5.74) is 0.449. The number of aromatic nitrogens is 3. The highest BCUT2D eigenvalue weighted by atomic mass is 79.9. The van der Waals surface area contributed by atoms with E-state index in [0.29, 0.717) is 25.6 Å². The van der Waals surface area contributed by atoms with Gasteiger partial charge in [-0.05, 0) is 79.8 Å². The van der Waals surface area contributed by atoms with Crippen LogP contribution in [0.1, 0.15) is 59.4 Å². The predicted octanol–water partition coefficient (Wildman–Crippen LogP) is 5.58. The first-order chi connectivity index (χ1) is 16.0. The molecular formula is C25H39BrN4O4Si. The topological polar surface area (TPSA) is 87.0 Å². The van der Waals surface area contributed by atoms with Crippen molar-refractivity contribution in [2.75, 3.05) is 19.8 Å². The molecular weight excluding hydrogens is 528 g/mol. The van der Waals surface area contributed by atoms with E-state index in [0.717, 1.165) is 22.1 Å². The number of rotatable bonds is 6. The average Bonchev–Trinajstić information content (AvgIpc) is 3.34. The number of hydrogen-bond donors (Lipinski definition) is 1. The highest BCUT2D eigenvalue weighted by Gasteiger charge is 2.72. The van der Waals surface area contributed by atoms with Gasteiger partial charge in [-0.2, -0.15) is 0 Å². The van der Waals surface area contributed by atoms with Crippen LogP contribution in [-0.2, 0) is 19.5 Å². The lowest BCUT2D eigenvalue weighted by molar-refractivity contribution is -0.112. The number of carbonyl (C=O) groups is 1. The van der Waals surface area contributed by atoms with E-state index in [1.54, 1.807) is 0 Å². The van der Waals surface area contributed by atoms with E-state index in [1.165, 1.54) is 0 Å². The lowest BCUT2D eigenvalue weighted by Crippen LogP contribution is -2.60. The van der Waals surface area contributed by atoms with Gasteiger partial charge < -0.3 is 19.2 Å². The predicted molar refractivity (Wildman–Crippen MR) is 141 cm³/mol. The summed E-state index contributed by atoms with van der Waals surface area (Å²) in [7, 11) is -1.99. The van der Waals surface area contributed by atoms with Crippen LogP contribution in [-0.4, -0.2) is 54.4 Å². The molecule has 3 fully saturated rings. The van der Waals surface area contributed by atoms with Gasteiger partial charge in [0.2, 0.25) is 0 Å². The second-order valence-electron chi connectivity index (χ2n) is 12.7. The van der Waals surface area contributed by atoms with Crippen molar-refractivity contribution in [1.29, 1.82) is 0 Å². The van der Waals surface area contributed by atoms with Crippen molar-refractivity contribution in [1.82, 2.24) is 19.9 Å². The number of alkyl carbamates (subject to hydrolysis) is 1. The Morgan fingerprint density at radius 2 is 2.00 bits per heavy atom. The SMILES string of the molecule is Cc1cc(Br)cn2nc(C34CC(CNC(=O)OC(C)(C)C)(CO3)C4CO[Si](C)(C)C(C)(C)C)nc12. The summed E-state index contributed by atoms with van der Waals surface area (Å²) in [6.45, 7) is 20.4. The van der Waals surface area contributed by atoms with E-state index in [9.17, 15) is 4.79 Å². The van der Waals surface area contributed by atoms with E-state index in [-0.39, 0.29) is 16.4 Å². The van der Waals surface area contributed by atoms with Gasteiger partial charge in [0.1, 0.15) is 11.2 Å². The third kappa shape index (κ3) is 4.79.